The number of nitrogens with zero attached hydrogens (tertiary/aromatic N) is 2. The number of nitrogens with one attached hydrogen (secondary N) is 1. The summed E-state index contributed by atoms with van der Waals surface area (Å²) in [5.41, 5.74) is 2.98. The zero-order valence-electron chi connectivity index (χ0n) is 24.9. The van der Waals surface area contributed by atoms with Crippen LogP contribution >= 0.6 is 0 Å². The molecule has 0 saturated heterocycles. The molecule has 42 heavy (non-hydrogen) atoms. The van der Waals surface area contributed by atoms with Gasteiger partial charge in [-0.1, -0.05) is 61.7 Å². The van der Waals surface area contributed by atoms with Gasteiger partial charge in [0.15, 0.2) is 0 Å². The maximum atomic E-state index is 14.2. The van der Waals surface area contributed by atoms with Gasteiger partial charge in [-0.2, -0.15) is 0 Å². The summed E-state index contributed by atoms with van der Waals surface area (Å²) in [6, 6.07) is 20.3. The van der Waals surface area contributed by atoms with E-state index in [9.17, 15) is 18.0 Å². The molecule has 3 aromatic carbocycles. The van der Waals surface area contributed by atoms with E-state index in [0.717, 1.165) is 46.7 Å². The number of aryl methyl sites for hydroxylation is 2. The molecule has 0 spiro atoms. The second-order valence-corrected chi connectivity index (χ2v) is 12.8. The van der Waals surface area contributed by atoms with Gasteiger partial charge in [-0.15, -0.1) is 0 Å². The van der Waals surface area contributed by atoms with Crippen LogP contribution in [0.15, 0.2) is 77.7 Å². The topological polar surface area (TPSA) is 96.0 Å². The quantitative estimate of drug-likeness (QED) is 0.305. The molecule has 1 saturated carbocycles. The number of ether oxygens (including phenoxy) is 1. The standard InChI is InChI=1S/C33H41N3O5S/c1-5-31(33(38)34-27-10-6-7-11-27)35(22-26-15-17-29(41-4)18-16-26)32(37)23-36(28-12-8-9-25(3)21-28)42(39,40)30-19-13-24(2)14-20-30/h8-9,12-21,27,31H,5-7,10-11,22-23H2,1-4H3,(H,34,38). The van der Waals surface area contributed by atoms with E-state index in [1.54, 1.807) is 61.7 Å². The molecule has 0 heterocycles. The highest BCUT2D eigenvalue weighted by Gasteiger charge is 2.34. The Morgan fingerprint density at radius 2 is 1.62 bits per heavy atom. The SMILES string of the molecule is CCC(C(=O)NC1CCCC1)N(Cc1ccc(OC)cc1)C(=O)CN(c1cccc(C)c1)S(=O)(=O)c1ccc(C)cc1. The van der Waals surface area contributed by atoms with Crippen molar-refractivity contribution in [3.8, 4) is 5.75 Å². The Morgan fingerprint density at radius 1 is 0.952 bits per heavy atom. The minimum Gasteiger partial charge on any atom is -0.497 e. The summed E-state index contributed by atoms with van der Waals surface area (Å²) >= 11 is 0. The normalized spacial score (nSPS) is 14.3. The number of carbonyl (C=O) groups is 2. The number of hydrogen-bond donors (Lipinski definition) is 1. The summed E-state index contributed by atoms with van der Waals surface area (Å²) < 4.78 is 34.4. The van der Waals surface area contributed by atoms with Crippen molar-refractivity contribution in [3.63, 3.8) is 0 Å². The van der Waals surface area contributed by atoms with Crippen LogP contribution < -0.4 is 14.4 Å². The fourth-order valence-corrected chi connectivity index (χ4v) is 6.77. The molecule has 0 aliphatic heterocycles. The van der Waals surface area contributed by atoms with Crippen LogP contribution in [0, 0.1) is 13.8 Å². The number of anilines is 1. The molecular formula is C33H41N3O5S. The molecular weight excluding hydrogens is 550 g/mol. The van der Waals surface area contributed by atoms with Gasteiger partial charge in [0, 0.05) is 12.6 Å². The molecule has 1 aliphatic carbocycles. The van der Waals surface area contributed by atoms with Crippen molar-refractivity contribution < 1.29 is 22.7 Å². The highest BCUT2D eigenvalue weighted by molar-refractivity contribution is 7.92. The summed E-state index contributed by atoms with van der Waals surface area (Å²) in [6.07, 6.45) is 4.36. The van der Waals surface area contributed by atoms with Gasteiger partial charge in [0.2, 0.25) is 11.8 Å². The molecule has 0 aromatic heterocycles. The molecule has 9 heteroatoms. The molecule has 3 aromatic rings. The first-order valence-electron chi connectivity index (χ1n) is 14.5. The maximum Gasteiger partial charge on any atom is 0.264 e. The van der Waals surface area contributed by atoms with Gasteiger partial charge in [0.25, 0.3) is 10.0 Å². The van der Waals surface area contributed by atoms with Crippen molar-refractivity contribution in [3.05, 3.63) is 89.5 Å². The number of sulfonamides is 1. The van der Waals surface area contributed by atoms with Gasteiger partial charge >= 0.3 is 0 Å². The van der Waals surface area contributed by atoms with E-state index in [2.05, 4.69) is 5.32 Å². The molecule has 8 nitrogen and oxygen atoms in total. The van der Waals surface area contributed by atoms with E-state index >= 15 is 0 Å². The van der Waals surface area contributed by atoms with E-state index in [-0.39, 0.29) is 23.4 Å². The van der Waals surface area contributed by atoms with Crippen LogP contribution in [0.5, 0.6) is 5.75 Å². The van der Waals surface area contributed by atoms with Crippen LogP contribution in [0.25, 0.3) is 0 Å². The van der Waals surface area contributed by atoms with E-state index in [4.69, 9.17) is 4.74 Å². The highest BCUT2D eigenvalue weighted by atomic mass is 32.2. The number of methoxy groups -OCH3 is 1. The lowest BCUT2D eigenvalue weighted by Crippen LogP contribution is -2.53. The molecule has 1 atom stereocenters. The average molecular weight is 592 g/mol. The molecule has 0 bridgehead atoms. The summed E-state index contributed by atoms with van der Waals surface area (Å²) in [5, 5.41) is 3.14. The van der Waals surface area contributed by atoms with Crippen LogP contribution in [0.1, 0.15) is 55.7 Å². The van der Waals surface area contributed by atoms with Crippen molar-refractivity contribution in [1.82, 2.24) is 10.2 Å². The third-order valence-electron chi connectivity index (χ3n) is 7.78. The van der Waals surface area contributed by atoms with Crippen molar-refractivity contribution in [2.24, 2.45) is 0 Å². The third kappa shape index (κ3) is 7.50. The van der Waals surface area contributed by atoms with Crippen LogP contribution in [0.4, 0.5) is 5.69 Å². The lowest BCUT2D eigenvalue weighted by atomic mass is 10.1. The predicted molar refractivity (Wildman–Crippen MR) is 165 cm³/mol. The Kier molecular flexibility index (Phi) is 10.3. The number of amides is 2. The van der Waals surface area contributed by atoms with Gasteiger partial charge in [-0.3, -0.25) is 13.9 Å². The lowest BCUT2D eigenvalue weighted by Gasteiger charge is -2.34. The molecule has 1 unspecified atom stereocenters. The van der Waals surface area contributed by atoms with Gasteiger partial charge in [-0.05, 0) is 80.6 Å². The minimum absolute atomic E-state index is 0.0927. The second-order valence-electron chi connectivity index (χ2n) is 10.9. The van der Waals surface area contributed by atoms with Gasteiger partial charge in [-0.25, -0.2) is 8.42 Å². The Morgan fingerprint density at radius 3 is 2.21 bits per heavy atom. The van der Waals surface area contributed by atoms with Crippen LogP contribution in [0.2, 0.25) is 0 Å². The number of benzene rings is 3. The first-order valence-corrected chi connectivity index (χ1v) is 15.9. The molecule has 2 amide bonds. The fourth-order valence-electron chi connectivity index (χ4n) is 5.36. The van der Waals surface area contributed by atoms with Gasteiger partial charge in [0.05, 0.1) is 17.7 Å². The smallest absolute Gasteiger partial charge is 0.264 e. The Balaban J connectivity index is 1.71. The maximum absolute atomic E-state index is 14.2. The molecule has 1 fully saturated rings. The molecule has 0 radical (unpaired) electrons. The van der Waals surface area contributed by atoms with Gasteiger partial charge in [0.1, 0.15) is 18.3 Å². The summed E-state index contributed by atoms with van der Waals surface area (Å²) in [7, 11) is -2.52. The second kappa shape index (κ2) is 13.9. The first-order chi connectivity index (χ1) is 20.1. The molecule has 4 rings (SSSR count). The zero-order valence-corrected chi connectivity index (χ0v) is 25.7. The molecule has 1 aliphatic rings. The zero-order chi connectivity index (χ0) is 30.3. The fraction of sp³-hybridized carbons (Fsp3) is 0.394. The number of hydrogen-bond acceptors (Lipinski definition) is 5. The Hall–Kier alpha value is -3.85. The Labute approximate surface area is 249 Å². The summed E-state index contributed by atoms with van der Waals surface area (Å²) in [4.78, 5) is 29.4. The number of rotatable bonds is 12. The van der Waals surface area contributed by atoms with Crippen molar-refractivity contribution >= 4 is 27.5 Å². The third-order valence-corrected chi connectivity index (χ3v) is 9.57. The Bertz CT molecular complexity index is 1470. The molecule has 1 N–H and O–H groups in total. The van der Waals surface area contributed by atoms with Gasteiger partial charge < -0.3 is 15.0 Å². The van der Waals surface area contributed by atoms with Crippen molar-refractivity contribution in [2.75, 3.05) is 18.0 Å². The monoisotopic (exact) mass is 591 g/mol. The van der Waals surface area contributed by atoms with Crippen LogP contribution in [-0.2, 0) is 26.2 Å². The van der Waals surface area contributed by atoms with Crippen LogP contribution in [0.3, 0.4) is 0 Å². The average Bonchev–Trinajstić information content (AvgIpc) is 3.49. The summed E-state index contributed by atoms with van der Waals surface area (Å²) in [6.45, 7) is 5.32. The minimum atomic E-state index is -4.10. The number of carbonyl (C=O) groups excluding carboxylic acids is 2. The van der Waals surface area contributed by atoms with E-state index in [0.29, 0.717) is 17.9 Å². The predicted octanol–water partition coefficient (Wildman–Crippen LogP) is 5.37. The summed E-state index contributed by atoms with van der Waals surface area (Å²) in [5.74, 6) is 0.00338. The van der Waals surface area contributed by atoms with E-state index < -0.39 is 28.5 Å². The molecule has 224 valence electrons. The van der Waals surface area contributed by atoms with Crippen LogP contribution in [-0.4, -0.2) is 50.9 Å². The van der Waals surface area contributed by atoms with Crippen molar-refractivity contribution in [2.45, 2.75) is 76.4 Å². The lowest BCUT2D eigenvalue weighted by molar-refractivity contribution is -0.140. The largest absolute Gasteiger partial charge is 0.497 e. The van der Waals surface area contributed by atoms with E-state index in [1.165, 1.54) is 4.90 Å². The van der Waals surface area contributed by atoms with Crippen molar-refractivity contribution in [1.29, 1.82) is 0 Å². The first kappa shape index (κ1) is 31.1. The van der Waals surface area contributed by atoms with E-state index in [1.807, 2.05) is 39.0 Å². The highest BCUT2D eigenvalue weighted by Crippen LogP contribution is 2.26.